The van der Waals surface area contributed by atoms with Crippen LogP contribution < -0.4 is 0 Å². The standard InChI is InChI=1S/C15H19ClN2O3/c1-17(2)13(10-4-3-5-12(16)8-10)14(19)18-7-6-11(9-18)15(20)21/h3-5,8,11,13H,6-7,9H2,1-2H3,(H,20,21). The van der Waals surface area contributed by atoms with Gasteiger partial charge in [-0.2, -0.15) is 0 Å². The second-order valence-electron chi connectivity index (χ2n) is 5.53. The van der Waals surface area contributed by atoms with Crippen molar-refractivity contribution in [1.29, 1.82) is 0 Å². The number of carboxylic acids is 1. The maximum Gasteiger partial charge on any atom is 0.308 e. The van der Waals surface area contributed by atoms with E-state index in [1.165, 1.54) is 0 Å². The summed E-state index contributed by atoms with van der Waals surface area (Å²) in [7, 11) is 3.66. The van der Waals surface area contributed by atoms with E-state index < -0.39 is 17.9 Å². The van der Waals surface area contributed by atoms with Crippen molar-refractivity contribution in [2.75, 3.05) is 27.2 Å². The number of hydrogen-bond acceptors (Lipinski definition) is 3. The van der Waals surface area contributed by atoms with Crippen molar-refractivity contribution in [3.8, 4) is 0 Å². The van der Waals surface area contributed by atoms with Crippen LogP contribution in [0, 0.1) is 5.92 Å². The summed E-state index contributed by atoms with van der Waals surface area (Å²) in [6, 6.07) is 6.76. The zero-order valence-corrected chi connectivity index (χ0v) is 12.9. The lowest BCUT2D eigenvalue weighted by atomic mass is 10.0. The molecule has 5 nitrogen and oxygen atoms in total. The maximum atomic E-state index is 12.7. The van der Waals surface area contributed by atoms with Crippen molar-refractivity contribution in [3.05, 3.63) is 34.9 Å². The monoisotopic (exact) mass is 310 g/mol. The Labute approximate surface area is 129 Å². The molecule has 0 bridgehead atoms. The molecule has 2 rings (SSSR count). The molecule has 1 fully saturated rings. The van der Waals surface area contributed by atoms with Crippen LogP contribution in [-0.4, -0.2) is 54.0 Å². The lowest BCUT2D eigenvalue weighted by Crippen LogP contribution is -2.39. The van der Waals surface area contributed by atoms with E-state index >= 15 is 0 Å². The van der Waals surface area contributed by atoms with E-state index in [9.17, 15) is 9.59 Å². The van der Waals surface area contributed by atoms with Crippen molar-refractivity contribution >= 4 is 23.5 Å². The molecule has 0 radical (unpaired) electrons. The Bertz CT molecular complexity index is 547. The molecular formula is C15H19ClN2O3. The van der Waals surface area contributed by atoms with Crippen LogP contribution in [0.15, 0.2) is 24.3 Å². The fourth-order valence-corrected chi connectivity index (χ4v) is 2.87. The molecule has 21 heavy (non-hydrogen) atoms. The summed E-state index contributed by atoms with van der Waals surface area (Å²) in [4.78, 5) is 27.2. The van der Waals surface area contributed by atoms with Crippen molar-refractivity contribution in [3.63, 3.8) is 0 Å². The number of amides is 1. The number of carbonyl (C=O) groups excluding carboxylic acids is 1. The van der Waals surface area contributed by atoms with Crippen LogP contribution in [0.4, 0.5) is 0 Å². The Balaban J connectivity index is 2.19. The lowest BCUT2D eigenvalue weighted by molar-refractivity contribution is -0.141. The number of halogens is 1. The van der Waals surface area contributed by atoms with Crippen LogP contribution in [0.5, 0.6) is 0 Å². The van der Waals surface area contributed by atoms with E-state index in [4.69, 9.17) is 16.7 Å². The largest absolute Gasteiger partial charge is 0.481 e. The molecule has 1 N–H and O–H groups in total. The Morgan fingerprint density at radius 1 is 1.43 bits per heavy atom. The Morgan fingerprint density at radius 3 is 2.67 bits per heavy atom. The topological polar surface area (TPSA) is 60.9 Å². The highest BCUT2D eigenvalue weighted by atomic mass is 35.5. The van der Waals surface area contributed by atoms with Gasteiger partial charge in [-0.05, 0) is 38.2 Å². The third kappa shape index (κ3) is 3.54. The normalized spacial score (nSPS) is 19.8. The highest BCUT2D eigenvalue weighted by Crippen LogP contribution is 2.26. The summed E-state index contributed by atoms with van der Waals surface area (Å²) < 4.78 is 0. The molecule has 0 saturated carbocycles. The van der Waals surface area contributed by atoms with Gasteiger partial charge in [0.25, 0.3) is 0 Å². The highest BCUT2D eigenvalue weighted by Gasteiger charge is 2.35. The first-order valence-corrected chi connectivity index (χ1v) is 7.21. The minimum atomic E-state index is -0.838. The van der Waals surface area contributed by atoms with Crippen LogP contribution in [0.25, 0.3) is 0 Å². The number of aliphatic carboxylic acids is 1. The number of benzene rings is 1. The second-order valence-corrected chi connectivity index (χ2v) is 5.97. The number of carboxylic acid groups (broad SMARTS) is 1. The van der Waals surface area contributed by atoms with Gasteiger partial charge < -0.3 is 10.0 Å². The van der Waals surface area contributed by atoms with Gasteiger partial charge in [0.1, 0.15) is 6.04 Å². The van der Waals surface area contributed by atoms with Crippen molar-refractivity contribution in [1.82, 2.24) is 9.80 Å². The van der Waals surface area contributed by atoms with Gasteiger partial charge in [0.05, 0.1) is 5.92 Å². The fourth-order valence-electron chi connectivity index (χ4n) is 2.67. The van der Waals surface area contributed by atoms with Crippen LogP contribution in [0.1, 0.15) is 18.0 Å². The molecule has 114 valence electrons. The summed E-state index contributed by atoms with van der Waals surface area (Å²) in [5, 5.41) is 9.63. The van der Waals surface area contributed by atoms with E-state index in [1.807, 2.05) is 31.1 Å². The average molecular weight is 311 g/mol. The predicted octanol–water partition coefficient (Wildman–Crippen LogP) is 1.88. The smallest absolute Gasteiger partial charge is 0.308 e. The van der Waals surface area contributed by atoms with Gasteiger partial charge in [-0.15, -0.1) is 0 Å². The molecule has 6 heteroatoms. The molecular weight excluding hydrogens is 292 g/mol. The Morgan fingerprint density at radius 2 is 2.14 bits per heavy atom. The molecule has 0 aliphatic carbocycles. The molecule has 1 amide bonds. The van der Waals surface area contributed by atoms with Crippen molar-refractivity contribution in [2.24, 2.45) is 5.92 Å². The van der Waals surface area contributed by atoms with E-state index in [-0.39, 0.29) is 12.5 Å². The first kappa shape index (κ1) is 15.8. The first-order valence-electron chi connectivity index (χ1n) is 6.83. The van der Waals surface area contributed by atoms with Gasteiger partial charge in [-0.3, -0.25) is 14.5 Å². The predicted molar refractivity (Wildman–Crippen MR) is 80.2 cm³/mol. The first-order chi connectivity index (χ1) is 9.90. The van der Waals surface area contributed by atoms with E-state index in [2.05, 4.69) is 0 Å². The summed E-state index contributed by atoms with van der Waals surface area (Å²) in [6.07, 6.45) is 0.511. The van der Waals surface area contributed by atoms with Crippen LogP contribution in [-0.2, 0) is 9.59 Å². The van der Waals surface area contributed by atoms with E-state index in [1.54, 1.807) is 17.0 Å². The van der Waals surface area contributed by atoms with Crippen molar-refractivity contribution < 1.29 is 14.7 Å². The molecule has 1 heterocycles. The quantitative estimate of drug-likeness (QED) is 0.922. The summed E-state index contributed by atoms with van der Waals surface area (Å²) in [5.74, 6) is -1.38. The highest BCUT2D eigenvalue weighted by molar-refractivity contribution is 6.30. The average Bonchev–Trinajstić information content (AvgIpc) is 2.88. The second kappa shape index (κ2) is 6.45. The zero-order chi connectivity index (χ0) is 15.6. The van der Waals surface area contributed by atoms with Gasteiger partial charge in [0.15, 0.2) is 0 Å². The maximum absolute atomic E-state index is 12.7. The summed E-state index contributed by atoms with van der Waals surface area (Å²) >= 11 is 6.00. The van der Waals surface area contributed by atoms with Gasteiger partial charge in [-0.25, -0.2) is 0 Å². The molecule has 1 aromatic carbocycles. The minimum absolute atomic E-state index is 0.0778. The Hall–Kier alpha value is -1.59. The number of hydrogen-bond donors (Lipinski definition) is 1. The number of likely N-dealkylation sites (tertiary alicyclic amines) is 1. The molecule has 1 aliphatic rings. The van der Waals surface area contributed by atoms with Crippen molar-refractivity contribution in [2.45, 2.75) is 12.5 Å². The van der Waals surface area contributed by atoms with Crippen LogP contribution in [0.2, 0.25) is 5.02 Å². The molecule has 2 atom stereocenters. The molecule has 0 aromatic heterocycles. The van der Waals surface area contributed by atoms with Crippen LogP contribution in [0.3, 0.4) is 0 Å². The fraction of sp³-hybridized carbons (Fsp3) is 0.467. The van der Waals surface area contributed by atoms with E-state index in [0.717, 1.165) is 5.56 Å². The summed E-state index contributed by atoms with van der Waals surface area (Å²) in [6.45, 7) is 0.764. The molecule has 2 unspecified atom stereocenters. The summed E-state index contributed by atoms with van der Waals surface area (Å²) in [5.41, 5.74) is 0.816. The number of rotatable bonds is 4. The third-order valence-corrected chi connectivity index (χ3v) is 4.00. The lowest BCUT2D eigenvalue weighted by Gasteiger charge is -2.28. The molecule has 1 aliphatic heterocycles. The number of likely N-dealkylation sites (N-methyl/N-ethyl adjacent to an activating group) is 1. The minimum Gasteiger partial charge on any atom is -0.481 e. The van der Waals surface area contributed by atoms with Crippen LogP contribution >= 0.6 is 11.6 Å². The molecule has 1 aromatic rings. The Kier molecular flexibility index (Phi) is 4.85. The molecule has 0 spiro atoms. The van der Waals surface area contributed by atoms with Gasteiger partial charge >= 0.3 is 5.97 Å². The number of nitrogens with zero attached hydrogens (tertiary/aromatic N) is 2. The van der Waals surface area contributed by atoms with E-state index in [0.29, 0.717) is 18.0 Å². The van der Waals surface area contributed by atoms with Gasteiger partial charge in [0.2, 0.25) is 5.91 Å². The number of carbonyl (C=O) groups is 2. The third-order valence-electron chi connectivity index (χ3n) is 3.76. The van der Waals surface area contributed by atoms with Gasteiger partial charge in [-0.1, -0.05) is 23.7 Å². The molecule has 1 saturated heterocycles. The zero-order valence-electron chi connectivity index (χ0n) is 12.1. The van der Waals surface area contributed by atoms with Gasteiger partial charge in [0, 0.05) is 18.1 Å². The SMILES string of the molecule is CN(C)C(C(=O)N1CCC(C(=O)O)C1)c1cccc(Cl)c1.